The average Bonchev–Trinajstić information content (AvgIpc) is 3.12. The van der Waals surface area contributed by atoms with E-state index in [1.165, 1.54) is 0 Å². The first kappa shape index (κ1) is 17.6. The molecule has 1 amide bonds. The number of benzene rings is 2. The van der Waals surface area contributed by atoms with Crippen LogP contribution in [0.2, 0.25) is 0 Å². The number of para-hydroxylation sites is 1. The van der Waals surface area contributed by atoms with Crippen molar-refractivity contribution >= 4 is 17.6 Å². The molecule has 0 fully saturated rings. The van der Waals surface area contributed by atoms with Crippen molar-refractivity contribution in [1.82, 2.24) is 10.6 Å². The van der Waals surface area contributed by atoms with Gasteiger partial charge in [0.2, 0.25) is 12.7 Å². The average molecular weight is 354 g/mol. The van der Waals surface area contributed by atoms with Crippen molar-refractivity contribution in [2.24, 2.45) is 4.99 Å². The molecule has 2 aromatic rings. The number of amides is 1. The Hall–Kier alpha value is -3.22. The zero-order valence-corrected chi connectivity index (χ0v) is 14.6. The number of carbonyl (C=O) groups excluding carboxylic acids is 1. The molecule has 0 saturated heterocycles. The number of nitrogens with zero attached hydrogens (tertiary/aromatic N) is 1. The Kier molecular flexibility index (Phi) is 5.92. The molecule has 0 aromatic heterocycles. The zero-order valence-electron chi connectivity index (χ0n) is 14.6. The van der Waals surface area contributed by atoms with E-state index in [4.69, 9.17) is 9.47 Å². The van der Waals surface area contributed by atoms with Gasteiger partial charge in [0.25, 0.3) is 0 Å². The SMILES string of the molecule is CCNC(=NCc1ccc2c(c1)OCO2)NCC(=O)Nc1ccccc1. The van der Waals surface area contributed by atoms with Gasteiger partial charge in [0, 0.05) is 12.2 Å². The van der Waals surface area contributed by atoms with Crippen LogP contribution in [0.1, 0.15) is 12.5 Å². The minimum Gasteiger partial charge on any atom is -0.454 e. The number of fused-ring (bicyclic) bond motifs is 1. The van der Waals surface area contributed by atoms with Gasteiger partial charge in [0.15, 0.2) is 17.5 Å². The molecule has 7 nitrogen and oxygen atoms in total. The second-order valence-electron chi connectivity index (χ2n) is 5.65. The van der Waals surface area contributed by atoms with Gasteiger partial charge in [-0.2, -0.15) is 0 Å². The number of nitrogens with one attached hydrogen (secondary N) is 3. The summed E-state index contributed by atoms with van der Waals surface area (Å²) in [5.41, 5.74) is 1.77. The van der Waals surface area contributed by atoms with Gasteiger partial charge in [0.1, 0.15) is 0 Å². The number of hydrogen-bond donors (Lipinski definition) is 3. The summed E-state index contributed by atoms with van der Waals surface area (Å²) in [6.45, 7) is 3.52. The summed E-state index contributed by atoms with van der Waals surface area (Å²) >= 11 is 0. The molecule has 0 spiro atoms. The van der Waals surface area contributed by atoms with Crippen molar-refractivity contribution in [1.29, 1.82) is 0 Å². The van der Waals surface area contributed by atoms with E-state index in [1.807, 2.05) is 55.5 Å². The standard InChI is InChI=1S/C19H22N4O3/c1-2-20-19(22-12-18(24)23-15-6-4-3-5-7-15)21-11-14-8-9-16-17(10-14)26-13-25-16/h3-10H,2,11-13H2,1H3,(H,23,24)(H2,20,21,22). The van der Waals surface area contributed by atoms with Gasteiger partial charge in [-0.05, 0) is 36.8 Å². The Morgan fingerprint density at radius 3 is 2.69 bits per heavy atom. The van der Waals surface area contributed by atoms with Crippen molar-refractivity contribution in [2.45, 2.75) is 13.5 Å². The van der Waals surface area contributed by atoms with Crippen molar-refractivity contribution in [3.05, 3.63) is 54.1 Å². The molecule has 0 atom stereocenters. The van der Waals surface area contributed by atoms with Gasteiger partial charge in [-0.1, -0.05) is 24.3 Å². The lowest BCUT2D eigenvalue weighted by molar-refractivity contribution is -0.115. The van der Waals surface area contributed by atoms with E-state index in [0.717, 1.165) is 22.7 Å². The molecular weight excluding hydrogens is 332 g/mol. The Balaban J connectivity index is 1.54. The van der Waals surface area contributed by atoms with Crippen LogP contribution in [0.15, 0.2) is 53.5 Å². The quantitative estimate of drug-likeness (QED) is 0.547. The van der Waals surface area contributed by atoms with E-state index in [9.17, 15) is 4.79 Å². The molecule has 7 heteroatoms. The molecule has 0 aliphatic carbocycles. The number of aliphatic imine (C=N–C) groups is 1. The van der Waals surface area contributed by atoms with Crippen LogP contribution in [0, 0.1) is 0 Å². The van der Waals surface area contributed by atoms with Crippen LogP contribution in [-0.2, 0) is 11.3 Å². The predicted octanol–water partition coefficient (Wildman–Crippen LogP) is 2.11. The monoisotopic (exact) mass is 354 g/mol. The van der Waals surface area contributed by atoms with E-state index in [-0.39, 0.29) is 19.2 Å². The third kappa shape index (κ3) is 4.89. The summed E-state index contributed by atoms with van der Waals surface area (Å²) in [5.74, 6) is 1.93. The van der Waals surface area contributed by atoms with Crippen LogP contribution in [-0.4, -0.2) is 31.7 Å². The Labute approximate surface area is 152 Å². The maximum Gasteiger partial charge on any atom is 0.243 e. The highest BCUT2D eigenvalue weighted by Gasteiger charge is 2.13. The minimum absolute atomic E-state index is 0.127. The third-order valence-electron chi connectivity index (χ3n) is 3.67. The van der Waals surface area contributed by atoms with Gasteiger partial charge >= 0.3 is 0 Å². The van der Waals surface area contributed by atoms with Gasteiger partial charge in [-0.15, -0.1) is 0 Å². The molecule has 2 aromatic carbocycles. The molecule has 1 heterocycles. The normalized spacial score (nSPS) is 12.6. The molecule has 0 unspecified atom stereocenters. The van der Waals surface area contributed by atoms with Gasteiger partial charge < -0.3 is 25.4 Å². The van der Waals surface area contributed by atoms with Crippen molar-refractivity contribution in [3.8, 4) is 11.5 Å². The fraction of sp³-hybridized carbons (Fsp3) is 0.263. The van der Waals surface area contributed by atoms with Gasteiger partial charge in [0.05, 0.1) is 13.1 Å². The highest BCUT2D eigenvalue weighted by Crippen LogP contribution is 2.32. The number of anilines is 1. The zero-order chi connectivity index (χ0) is 18.2. The summed E-state index contributed by atoms with van der Waals surface area (Å²) < 4.78 is 10.7. The van der Waals surface area contributed by atoms with E-state index in [1.54, 1.807) is 0 Å². The third-order valence-corrected chi connectivity index (χ3v) is 3.67. The lowest BCUT2D eigenvalue weighted by Gasteiger charge is -2.11. The van der Waals surface area contributed by atoms with Crippen LogP contribution in [0.3, 0.4) is 0 Å². The van der Waals surface area contributed by atoms with Crippen molar-refractivity contribution in [3.63, 3.8) is 0 Å². The van der Waals surface area contributed by atoms with E-state index in [0.29, 0.717) is 19.0 Å². The number of hydrogen-bond acceptors (Lipinski definition) is 4. The maximum atomic E-state index is 12.0. The Morgan fingerprint density at radius 2 is 1.88 bits per heavy atom. The van der Waals surface area contributed by atoms with Crippen LogP contribution in [0.4, 0.5) is 5.69 Å². The first-order chi connectivity index (χ1) is 12.7. The number of guanidine groups is 1. The van der Waals surface area contributed by atoms with Gasteiger partial charge in [-0.25, -0.2) is 4.99 Å². The van der Waals surface area contributed by atoms with E-state index in [2.05, 4.69) is 20.9 Å². The highest BCUT2D eigenvalue weighted by molar-refractivity contribution is 5.94. The summed E-state index contributed by atoms with van der Waals surface area (Å²) in [4.78, 5) is 16.5. The summed E-state index contributed by atoms with van der Waals surface area (Å²) in [5, 5.41) is 8.99. The summed E-state index contributed by atoms with van der Waals surface area (Å²) in [6, 6.07) is 15.1. The van der Waals surface area contributed by atoms with Gasteiger partial charge in [-0.3, -0.25) is 4.79 Å². The van der Waals surface area contributed by atoms with E-state index < -0.39 is 0 Å². The van der Waals surface area contributed by atoms with Crippen molar-refractivity contribution in [2.75, 3.05) is 25.2 Å². The van der Waals surface area contributed by atoms with E-state index >= 15 is 0 Å². The molecule has 1 aliphatic heterocycles. The van der Waals surface area contributed by atoms with Crippen LogP contribution in [0.5, 0.6) is 11.5 Å². The fourth-order valence-electron chi connectivity index (χ4n) is 2.44. The molecule has 0 bridgehead atoms. The number of rotatable bonds is 6. The molecular formula is C19H22N4O3. The maximum absolute atomic E-state index is 12.0. The number of ether oxygens (including phenoxy) is 2. The second kappa shape index (κ2) is 8.75. The number of carbonyl (C=O) groups is 1. The first-order valence-corrected chi connectivity index (χ1v) is 8.50. The fourth-order valence-corrected chi connectivity index (χ4v) is 2.44. The molecule has 136 valence electrons. The Morgan fingerprint density at radius 1 is 1.08 bits per heavy atom. The molecule has 0 saturated carbocycles. The highest BCUT2D eigenvalue weighted by atomic mass is 16.7. The molecule has 0 radical (unpaired) electrons. The van der Waals surface area contributed by atoms with Crippen LogP contribution >= 0.6 is 0 Å². The summed E-state index contributed by atoms with van der Waals surface area (Å²) in [7, 11) is 0. The molecule has 26 heavy (non-hydrogen) atoms. The minimum atomic E-state index is -0.134. The largest absolute Gasteiger partial charge is 0.454 e. The molecule has 3 N–H and O–H groups in total. The van der Waals surface area contributed by atoms with Crippen LogP contribution in [0.25, 0.3) is 0 Å². The topological polar surface area (TPSA) is 84.0 Å². The van der Waals surface area contributed by atoms with Crippen LogP contribution < -0.4 is 25.4 Å². The first-order valence-electron chi connectivity index (χ1n) is 8.50. The summed E-state index contributed by atoms with van der Waals surface area (Å²) in [6.07, 6.45) is 0. The van der Waals surface area contributed by atoms with Crippen molar-refractivity contribution < 1.29 is 14.3 Å². The predicted molar refractivity (Wildman–Crippen MR) is 100 cm³/mol. The Bertz CT molecular complexity index is 778. The lowest BCUT2D eigenvalue weighted by Crippen LogP contribution is -2.41. The molecule has 3 rings (SSSR count). The molecule has 1 aliphatic rings. The second-order valence-corrected chi connectivity index (χ2v) is 5.65. The smallest absolute Gasteiger partial charge is 0.243 e. The lowest BCUT2D eigenvalue weighted by atomic mass is 10.2.